The summed E-state index contributed by atoms with van der Waals surface area (Å²) in [5, 5.41) is 1.12. The number of hydrogen-bond donors (Lipinski definition) is 0. The molecule has 0 fully saturated rings. The topological polar surface area (TPSA) is 0 Å². The Morgan fingerprint density at radius 2 is 2.12 bits per heavy atom. The van der Waals surface area contributed by atoms with Gasteiger partial charge < -0.3 is 0 Å². The van der Waals surface area contributed by atoms with Crippen molar-refractivity contribution < 1.29 is 0 Å². The second-order valence-electron chi connectivity index (χ2n) is 1.46. The molecule has 0 atom stereocenters. The van der Waals surface area contributed by atoms with E-state index in [0.29, 0.717) is 0 Å². The molecule has 0 amide bonds. The molecule has 0 rings (SSSR count). The molecule has 0 aliphatic carbocycles. The van der Waals surface area contributed by atoms with Crippen molar-refractivity contribution in [1.29, 1.82) is 0 Å². The Balaban J connectivity index is 2.80. The highest BCUT2D eigenvalue weighted by molar-refractivity contribution is 14.1. The molecule has 0 aliphatic rings. The summed E-state index contributed by atoms with van der Waals surface area (Å²) in [6, 6.07) is 0. The van der Waals surface area contributed by atoms with Crippen LogP contribution in [0.5, 0.6) is 0 Å². The number of halogens is 2. The third-order valence-corrected chi connectivity index (χ3v) is 1.83. The molecule has 0 aromatic carbocycles. The Morgan fingerprint density at radius 3 is 2.62 bits per heavy atom. The Kier molecular flexibility index (Phi) is 8.89. The molecule has 0 bridgehead atoms. The van der Waals surface area contributed by atoms with Crippen molar-refractivity contribution >= 4 is 38.5 Å². The number of unbranched alkanes of at least 4 members (excludes halogenated alkanes) is 1. The zero-order chi connectivity index (χ0) is 6.24. The normalized spacial score (nSPS) is 10.8. The highest BCUT2D eigenvalue weighted by atomic mass is 127. The summed E-state index contributed by atoms with van der Waals surface area (Å²) in [5.41, 5.74) is 0. The Bertz CT molecular complexity index is 61.5. The van der Waals surface area contributed by atoms with Crippen LogP contribution >= 0.6 is 38.5 Å². The van der Waals surface area contributed by atoms with Crippen LogP contribution in [-0.4, -0.2) is 9.76 Å². The van der Waals surface area contributed by atoms with E-state index in [2.05, 4.69) is 50.7 Å². The fourth-order valence-electron chi connectivity index (χ4n) is 0.376. The van der Waals surface area contributed by atoms with E-state index >= 15 is 0 Å². The fourth-order valence-corrected chi connectivity index (χ4v) is 1.06. The van der Waals surface area contributed by atoms with E-state index in [-0.39, 0.29) is 0 Å². The van der Waals surface area contributed by atoms with Crippen LogP contribution in [0.1, 0.15) is 12.8 Å². The Labute approximate surface area is 73.0 Å². The standard InChI is InChI=1S/C6H10BrI/c7-5-3-1-2-4-6-8/h2,4H,1,3,5-6H2. The van der Waals surface area contributed by atoms with Crippen molar-refractivity contribution in [2.24, 2.45) is 0 Å². The van der Waals surface area contributed by atoms with Crippen LogP contribution in [0.25, 0.3) is 0 Å². The minimum Gasteiger partial charge on any atom is -0.0928 e. The maximum atomic E-state index is 3.37. The molecule has 0 radical (unpaired) electrons. The SMILES string of the molecule is BrCCCC=CCI. The van der Waals surface area contributed by atoms with Gasteiger partial charge in [0.25, 0.3) is 0 Å². The molecule has 0 aromatic rings. The predicted molar refractivity (Wildman–Crippen MR) is 51.1 cm³/mol. The zero-order valence-corrected chi connectivity index (χ0v) is 8.48. The van der Waals surface area contributed by atoms with Gasteiger partial charge in [-0.25, -0.2) is 0 Å². The highest BCUT2D eigenvalue weighted by Gasteiger charge is 1.76. The Morgan fingerprint density at radius 1 is 1.38 bits per heavy atom. The lowest BCUT2D eigenvalue weighted by molar-refractivity contribution is 0.978. The molecule has 0 saturated heterocycles. The molecule has 0 unspecified atom stereocenters. The molecule has 0 heterocycles. The van der Waals surface area contributed by atoms with Gasteiger partial charge in [-0.05, 0) is 12.8 Å². The van der Waals surface area contributed by atoms with Crippen LogP contribution in [0.15, 0.2) is 12.2 Å². The van der Waals surface area contributed by atoms with Crippen LogP contribution < -0.4 is 0 Å². The number of alkyl halides is 2. The van der Waals surface area contributed by atoms with Crippen molar-refractivity contribution in [1.82, 2.24) is 0 Å². The van der Waals surface area contributed by atoms with E-state index in [1.54, 1.807) is 0 Å². The highest BCUT2D eigenvalue weighted by Crippen LogP contribution is 1.95. The summed E-state index contributed by atoms with van der Waals surface area (Å²) in [7, 11) is 0. The third kappa shape index (κ3) is 6.95. The van der Waals surface area contributed by atoms with E-state index in [9.17, 15) is 0 Å². The van der Waals surface area contributed by atoms with Gasteiger partial charge in [0.15, 0.2) is 0 Å². The second kappa shape index (κ2) is 7.95. The van der Waals surface area contributed by atoms with Gasteiger partial charge in [-0.2, -0.15) is 0 Å². The first-order chi connectivity index (χ1) is 3.91. The lowest BCUT2D eigenvalue weighted by Crippen LogP contribution is -1.69. The summed E-state index contributed by atoms with van der Waals surface area (Å²) in [4.78, 5) is 0. The molecule has 0 aromatic heterocycles. The van der Waals surface area contributed by atoms with Gasteiger partial charge >= 0.3 is 0 Å². The van der Waals surface area contributed by atoms with Crippen LogP contribution in [0.4, 0.5) is 0 Å². The molecule has 0 aliphatic heterocycles. The van der Waals surface area contributed by atoms with Gasteiger partial charge in [0, 0.05) is 9.76 Å². The minimum absolute atomic E-state index is 1.12. The summed E-state index contributed by atoms with van der Waals surface area (Å²) in [5.74, 6) is 0. The lowest BCUT2D eigenvalue weighted by Gasteiger charge is -1.84. The van der Waals surface area contributed by atoms with Crippen molar-refractivity contribution in [3.05, 3.63) is 12.2 Å². The molecule has 8 heavy (non-hydrogen) atoms. The average Bonchev–Trinajstić information content (AvgIpc) is 1.81. The summed E-state index contributed by atoms with van der Waals surface area (Å²) < 4.78 is 1.14. The number of allylic oxidation sites excluding steroid dienone is 2. The average molecular weight is 289 g/mol. The molecule has 0 saturated carbocycles. The van der Waals surface area contributed by atoms with E-state index < -0.39 is 0 Å². The van der Waals surface area contributed by atoms with Gasteiger partial charge in [-0.3, -0.25) is 0 Å². The number of hydrogen-bond acceptors (Lipinski definition) is 0. The molecule has 48 valence electrons. The van der Waals surface area contributed by atoms with Gasteiger partial charge in [-0.15, -0.1) is 0 Å². The van der Waals surface area contributed by atoms with Crippen LogP contribution in [0, 0.1) is 0 Å². The van der Waals surface area contributed by atoms with Crippen LogP contribution in [0.3, 0.4) is 0 Å². The zero-order valence-electron chi connectivity index (χ0n) is 4.74. The van der Waals surface area contributed by atoms with E-state index in [0.717, 1.165) is 9.76 Å². The first-order valence-electron chi connectivity index (χ1n) is 2.68. The summed E-state index contributed by atoms with van der Waals surface area (Å²) in [6.07, 6.45) is 6.90. The van der Waals surface area contributed by atoms with Crippen LogP contribution in [0.2, 0.25) is 0 Å². The quantitative estimate of drug-likeness (QED) is 0.323. The number of rotatable bonds is 4. The predicted octanol–water partition coefficient (Wildman–Crippen LogP) is 3.15. The smallest absolute Gasteiger partial charge is 0.0175 e. The van der Waals surface area contributed by atoms with Gasteiger partial charge in [0.2, 0.25) is 0 Å². The maximum absolute atomic E-state index is 3.37. The van der Waals surface area contributed by atoms with E-state index in [4.69, 9.17) is 0 Å². The molecular formula is C6H10BrI. The lowest BCUT2D eigenvalue weighted by atomic mass is 10.3. The third-order valence-electron chi connectivity index (χ3n) is 0.760. The second-order valence-corrected chi connectivity index (χ2v) is 3.13. The first-order valence-corrected chi connectivity index (χ1v) is 5.33. The van der Waals surface area contributed by atoms with Gasteiger partial charge in [0.05, 0.1) is 0 Å². The van der Waals surface area contributed by atoms with Crippen molar-refractivity contribution in [3.63, 3.8) is 0 Å². The Hall–Kier alpha value is 0.950. The maximum Gasteiger partial charge on any atom is 0.0175 e. The first kappa shape index (κ1) is 8.95. The largest absolute Gasteiger partial charge is 0.0928 e. The molecule has 0 nitrogen and oxygen atoms in total. The van der Waals surface area contributed by atoms with Crippen LogP contribution in [-0.2, 0) is 0 Å². The minimum atomic E-state index is 1.12. The molecular weight excluding hydrogens is 279 g/mol. The van der Waals surface area contributed by atoms with Gasteiger partial charge in [-0.1, -0.05) is 50.7 Å². The molecule has 0 spiro atoms. The van der Waals surface area contributed by atoms with Crippen molar-refractivity contribution in [2.45, 2.75) is 12.8 Å². The monoisotopic (exact) mass is 288 g/mol. The summed E-state index contributed by atoms with van der Waals surface area (Å²) in [6.45, 7) is 0. The molecule has 2 heteroatoms. The van der Waals surface area contributed by atoms with Crippen molar-refractivity contribution in [3.8, 4) is 0 Å². The molecule has 0 N–H and O–H groups in total. The van der Waals surface area contributed by atoms with E-state index in [1.807, 2.05) is 0 Å². The van der Waals surface area contributed by atoms with Gasteiger partial charge in [0.1, 0.15) is 0 Å². The van der Waals surface area contributed by atoms with Crippen molar-refractivity contribution in [2.75, 3.05) is 9.76 Å². The fraction of sp³-hybridized carbons (Fsp3) is 0.667. The summed E-state index contributed by atoms with van der Waals surface area (Å²) >= 11 is 5.71. The van der Waals surface area contributed by atoms with E-state index in [1.165, 1.54) is 12.8 Å².